The third-order valence-electron chi connectivity index (χ3n) is 0.981. The van der Waals surface area contributed by atoms with Crippen LogP contribution in [0, 0.1) is 10.1 Å². The zero-order valence-corrected chi connectivity index (χ0v) is 6.63. The minimum absolute atomic E-state index is 0.133. The molecule has 58 valence electrons. The van der Waals surface area contributed by atoms with E-state index in [1.165, 1.54) is 0 Å². The summed E-state index contributed by atoms with van der Waals surface area (Å²) < 4.78 is 0. The molecule has 0 saturated heterocycles. The molecule has 0 spiro atoms. The molecule has 0 aliphatic heterocycles. The van der Waals surface area contributed by atoms with E-state index in [1.54, 1.807) is 0 Å². The molecule has 4 nitrogen and oxygen atoms in total. The molecular weight excluding hydrogens is 191 g/mol. The molecule has 0 atom stereocenters. The van der Waals surface area contributed by atoms with Gasteiger partial charge >= 0.3 is 5.82 Å². The number of pyridine rings is 1. The lowest BCUT2D eigenvalue weighted by atomic mass is 10.5. The molecule has 0 unspecified atom stereocenters. The van der Waals surface area contributed by atoms with E-state index < -0.39 is 4.92 Å². The first-order chi connectivity index (χ1) is 5.11. The molecule has 11 heavy (non-hydrogen) atoms. The van der Waals surface area contributed by atoms with Crippen LogP contribution in [-0.2, 0) is 0 Å². The minimum atomic E-state index is -0.637. The molecule has 1 heterocycles. The number of hydrogen-bond acceptors (Lipinski definition) is 3. The van der Waals surface area contributed by atoms with Crippen LogP contribution in [0.1, 0.15) is 0 Å². The summed E-state index contributed by atoms with van der Waals surface area (Å²) in [6.45, 7) is 0. The summed E-state index contributed by atoms with van der Waals surface area (Å²) in [7, 11) is 0. The summed E-state index contributed by atoms with van der Waals surface area (Å²) >= 11 is 10.9. The van der Waals surface area contributed by atoms with Gasteiger partial charge < -0.3 is 10.1 Å². The van der Waals surface area contributed by atoms with E-state index in [1.807, 2.05) is 0 Å². The maximum absolute atomic E-state index is 10.1. The van der Waals surface area contributed by atoms with E-state index in [4.69, 9.17) is 23.2 Å². The van der Waals surface area contributed by atoms with Gasteiger partial charge in [-0.2, -0.15) is 0 Å². The predicted octanol–water partition coefficient (Wildman–Crippen LogP) is 2.30. The lowest BCUT2D eigenvalue weighted by molar-refractivity contribution is -0.389. The van der Waals surface area contributed by atoms with Gasteiger partial charge in [0.15, 0.2) is 6.20 Å². The Morgan fingerprint density at radius 1 is 1.45 bits per heavy atom. The van der Waals surface area contributed by atoms with Crippen molar-refractivity contribution in [2.75, 3.05) is 0 Å². The van der Waals surface area contributed by atoms with Crippen molar-refractivity contribution in [3.8, 4) is 0 Å². The zero-order chi connectivity index (χ0) is 8.43. The number of aromatic nitrogens is 1. The second kappa shape index (κ2) is 3.02. The van der Waals surface area contributed by atoms with Crippen molar-refractivity contribution in [3.05, 3.63) is 32.4 Å². The predicted molar refractivity (Wildman–Crippen MR) is 40.9 cm³/mol. The second-order valence-corrected chi connectivity index (χ2v) is 2.53. The molecule has 0 fully saturated rings. The van der Waals surface area contributed by atoms with Gasteiger partial charge in [-0.25, -0.2) is 0 Å². The molecule has 0 saturated carbocycles. The van der Waals surface area contributed by atoms with Gasteiger partial charge in [0.1, 0.15) is 5.02 Å². The number of hydrogen-bond donors (Lipinski definition) is 0. The highest BCUT2D eigenvalue weighted by Crippen LogP contribution is 2.23. The van der Waals surface area contributed by atoms with Crippen LogP contribution in [-0.4, -0.2) is 9.91 Å². The molecule has 0 aliphatic carbocycles. The zero-order valence-electron chi connectivity index (χ0n) is 5.12. The Morgan fingerprint density at radius 2 is 2.09 bits per heavy atom. The fraction of sp³-hybridized carbons (Fsp3) is 0. The first kappa shape index (κ1) is 8.23. The Bertz CT molecular complexity index is 303. The molecule has 1 rings (SSSR count). The molecule has 1 aromatic rings. The minimum Gasteiger partial charge on any atom is -0.358 e. The maximum atomic E-state index is 10.1. The van der Waals surface area contributed by atoms with Gasteiger partial charge in [-0.3, -0.25) is 0 Å². The van der Waals surface area contributed by atoms with Gasteiger partial charge in [-0.15, -0.1) is 0 Å². The van der Waals surface area contributed by atoms with Crippen molar-refractivity contribution in [1.29, 1.82) is 0 Å². The Morgan fingerprint density at radius 3 is 2.55 bits per heavy atom. The average molecular weight is 193 g/mol. The van der Waals surface area contributed by atoms with Gasteiger partial charge in [0.2, 0.25) is 0 Å². The third kappa shape index (κ3) is 1.78. The molecular formula is C5H2Cl2N2O2. The molecule has 0 aromatic carbocycles. The molecule has 0 bridgehead atoms. The molecule has 0 radical (unpaired) electrons. The second-order valence-electron chi connectivity index (χ2n) is 1.71. The van der Waals surface area contributed by atoms with Crippen molar-refractivity contribution in [2.24, 2.45) is 0 Å². The Hall–Kier alpha value is -0.870. The van der Waals surface area contributed by atoms with Crippen LogP contribution >= 0.6 is 23.2 Å². The Labute approximate surface area is 71.9 Å². The van der Waals surface area contributed by atoms with Crippen LogP contribution in [0.3, 0.4) is 0 Å². The summed E-state index contributed by atoms with van der Waals surface area (Å²) in [6.07, 6.45) is 1.14. The molecule has 0 N–H and O–H groups in total. The first-order valence-corrected chi connectivity index (χ1v) is 3.32. The summed E-state index contributed by atoms with van der Waals surface area (Å²) in [6, 6.07) is 1.10. The average Bonchev–Trinajstić information content (AvgIpc) is 1.94. The fourth-order valence-electron chi connectivity index (χ4n) is 0.504. The van der Waals surface area contributed by atoms with Crippen LogP contribution < -0.4 is 0 Å². The summed E-state index contributed by atoms with van der Waals surface area (Å²) in [5.74, 6) is -0.306. The number of nitro groups is 1. The van der Waals surface area contributed by atoms with Crippen LogP contribution in [0.4, 0.5) is 5.82 Å². The molecule has 0 amide bonds. The van der Waals surface area contributed by atoms with E-state index >= 15 is 0 Å². The summed E-state index contributed by atoms with van der Waals surface area (Å²) in [5, 5.41) is 10.4. The van der Waals surface area contributed by atoms with E-state index in [0.717, 1.165) is 12.3 Å². The Balaban J connectivity index is 3.15. The quantitative estimate of drug-likeness (QED) is 0.507. The highest BCUT2D eigenvalue weighted by atomic mass is 35.5. The van der Waals surface area contributed by atoms with E-state index in [-0.39, 0.29) is 15.9 Å². The smallest absolute Gasteiger partial charge is 0.358 e. The molecule has 6 heteroatoms. The van der Waals surface area contributed by atoms with Crippen molar-refractivity contribution in [3.63, 3.8) is 0 Å². The monoisotopic (exact) mass is 192 g/mol. The van der Waals surface area contributed by atoms with Crippen LogP contribution in [0.15, 0.2) is 12.3 Å². The van der Waals surface area contributed by atoms with E-state index in [9.17, 15) is 10.1 Å². The largest absolute Gasteiger partial charge is 0.364 e. The van der Waals surface area contributed by atoms with Crippen molar-refractivity contribution in [2.45, 2.75) is 0 Å². The normalized spacial score (nSPS) is 9.64. The Kier molecular flexibility index (Phi) is 2.26. The highest BCUT2D eigenvalue weighted by molar-refractivity contribution is 6.41. The van der Waals surface area contributed by atoms with Crippen LogP contribution in [0.25, 0.3) is 0 Å². The van der Waals surface area contributed by atoms with Crippen molar-refractivity contribution in [1.82, 2.24) is 4.98 Å². The molecule has 0 aliphatic rings. The van der Waals surface area contributed by atoms with Gasteiger partial charge in [0, 0.05) is 0 Å². The lowest BCUT2D eigenvalue weighted by Gasteiger charge is -1.92. The number of halogens is 2. The topological polar surface area (TPSA) is 56.0 Å². The lowest BCUT2D eigenvalue weighted by Crippen LogP contribution is -1.90. The van der Waals surface area contributed by atoms with E-state index in [0.29, 0.717) is 0 Å². The van der Waals surface area contributed by atoms with E-state index in [2.05, 4.69) is 4.98 Å². The summed E-state index contributed by atoms with van der Waals surface area (Å²) in [5.41, 5.74) is 0. The summed E-state index contributed by atoms with van der Waals surface area (Å²) in [4.78, 5) is 12.9. The van der Waals surface area contributed by atoms with Gasteiger partial charge in [-0.1, -0.05) is 23.2 Å². The standard InChI is InChI=1S/C5H2Cl2N2O2/c6-3-1-5(9(10)11)8-2-4(3)7/h1-2H. The van der Waals surface area contributed by atoms with Crippen molar-refractivity contribution >= 4 is 29.0 Å². The SMILES string of the molecule is O=[N+]([O-])c1cc(Cl)c(Cl)cn1. The fourth-order valence-corrected chi connectivity index (χ4v) is 0.754. The third-order valence-corrected chi connectivity index (χ3v) is 1.69. The number of nitrogens with zero attached hydrogens (tertiary/aromatic N) is 2. The maximum Gasteiger partial charge on any atom is 0.364 e. The highest BCUT2D eigenvalue weighted by Gasteiger charge is 2.09. The number of rotatable bonds is 1. The van der Waals surface area contributed by atoms with Gasteiger partial charge in [0.25, 0.3) is 0 Å². The first-order valence-electron chi connectivity index (χ1n) is 2.56. The van der Waals surface area contributed by atoms with Crippen LogP contribution in [0.2, 0.25) is 10.0 Å². The van der Waals surface area contributed by atoms with Gasteiger partial charge in [0.05, 0.1) is 11.1 Å². The van der Waals surface area contributed by atoms with Gasteiger partial charge in [-0.05, 0) is 9.91 Å². The van der Waals surface area contributed by atoms with Crippen molar-refractivity contribution < 1.29 is 4.92 Å². The van der Waals surface area contributed by atoms with Crippen LogP contribution in [0.5, 0.6) is 0 Å². The molecule has 1 aromatic heterocycles.